The standard InChI is InChI=1S/C19H17BrN2/c1-22(2)15-10-7-14(8-11-15)9-12-16-17-5-3-4-6-19(17)21-13-18(16)20/h3-13H,1-2H3/b12-9-. The predicted octanol–water partition coefficient (Wildman–Crippen LogP) is 5.23. The zero-order valence-electron chi connectivity index (χ0n) is 12.6. The van der Waals surface area contributed by atoms with Crippen molar-refractivity contribution in [2.24, 2.45) is 0 Å². The van der Waals surface area contributed by atoms with E-state index in [0.29, 0.717) is 0 Å². The summed E-state index contributed by atoms with van der Waals surface area (Å²) < 4.78 is 1.01. The number of pyridine rings is 1. The van der Waals surface area contributed by atoms with E-state index >= 15 is 0 Å². The zero-order chi connectivity index (χ0) is 15.5. The maximum absolute atomic E-state index is 4.44. The van der Waals surface area contributed by atoms with Crippen molar-refractivity contribution in [2.45, 2.75) is 0 Å². The summed E-state index contributed by atoms with van der Waals surface area (Å²) in [4.78, 5) is 6.54. The Balaban J connectivity index is 1.97. The molecule has 0 radical (unpaired) electrons. The first-order valence-corrected chi connectivity index (χ1v) is 7.93. The molecule has 3 rings (SSSR count). The summed E-state index contributed by atoms with van der Waals surface area (Å²) in [5.74, 6) is 0. The van der Waals surface area contributed by atoms with Crippen LogP contribution in [-0.4, -0.2) is 19.1 Å². The van der Waals surface area contributed by atoms with Crippen LogP contribution in [0.3, 0.4) is 0 Å². The average molecular weight is 353 g/mol. The number of hydrogen-bond donors (Lipinski definition) is 0. The normalized spacial score (nSPS) is 11.2. The Morgan fingerprint density at radius 3 is 2.41 bits per heavy atom. The molecule has 0 saturated carbocycles. The zero-order valence-corrected chi connectivity index (χ0v) is 14.2. The van der Waals surface area contributed by atoms with Crippen LogP contribution in [0.5, 0.6) is 0 Å². The molecule has 22 heavy (non-hydrogen) atoms. The van der Waals surface area contributed by atoms with Crippen LogP contribution in [0.25, 0.3) is 23.1 Å². The number of fused-ring (bicyclic) bond motifs is 1. The summed E-state index contributed by atoms with van der Waals surface area (Å²) in [6, 6.07) is 16.7. The minimum absolute atomic E-state index is 1.01. The van der Waals surface area contributed by atoms with Crippen LogP contribution in [0.4, 0.5) is 5.69 Å². The van der Waals surface area contributed by atoms with Crippen molar-refractivity contribution in [3.05, 3.63) is 70.3 Å². The van der Waals surface area contributed by atoms with Gasteiger partial charge in [-0.2, -0.15) is 0 Å². The highest BCUT2D eigenvalue weighted by Gasteiger charge is 2.03. The molecule has 0 aliphatic rings. The van der Waals surface area contributed by atoms with Crippen LogP contribution in [0.2, 0.25) is 0 Å². The number of hydrogen-bond acceptors (Lipinski definition) is 2. The molecule has 0 bridgehead atoms. The van der Waals surface area contributed by atoms with E-state index in [-0.39, 0.29) is 0 Å². The molecular weight excluding hydrogens is 336 g/mol. The Bertz CT molecular complexity index is 820. The molecule has 0 N–H and O–H groups in total. The minimum Gasteiger partial charge on any atom is -0.378 e. The molecule has 0 amide bonds. The van der Waals surface area contributed by atoms with Gasteiger partial charge >= 0.3 is 0 Å². The Labute approximate surface area is 139 Å². The summed E-state index contributed by atoms with van der Waals surface area (Å²) in [7, 11) is 4.09. The van der Waals surface area contributed by atoms with E-state index in [2.05, 4.69) is 68.3 Å². The van der Waals surface area contributed by atoms with Gasteiger partial charge in [0, 0.05) is 35.8 Å². The van der Waals surface area contributed by atoms with Crippen molar-refractivity contribution in [1.29, 1.82) is 0 Å². The molecule has 3 heteroatoms. The lowest BCUT2D eigenvalue weighted by Crippen LogP contribution is -2.07. The summed E-state index contributed by atoms with van der Waals surface area (Å²) in [5.41, 5.74) is 4.54. The van der Waals surface area contributed by atoms with Crippen LogP contribution < -0.4 is 4.90 Å². The lowest BCUT2D eigenvalue weighted by molar-refractivity contribution is 1.13. The van der Waals surface area contributed by atoms with E-state index in [4.69, 9.17) is 0 Å². The van der Waals surface area contributed by atoms with Gasteiger partial charge in [0.15, 0.2) is 0 Å². The second kappa shape index (κ2) is 6.32. The second-order valence-corrected chi connectivity index (χ2v) is 6.21. The fourth-order valence-electron chi connectivity index (χ4n) is 2.37. The molecular formula is C19H17BrN2. The Hall–Kier alpha value is -2.13. The van der Waals surface area contributed by atoms with Gasteiger partial charge in [0.2, 0.25) is 0 Å². The van der Waals surface area contributed by atoms with E-state index < -0.39 is 0 Å². The lowest BCUT2D eigenvalue weighted by Gasteiger charge is -2.11. The first-order chi connectivity index (χ1) is 10.6. The van der Waals surface area contributed by atoms with Gasteiger partial charge in [-0.1, -0.05) is 42.5 Å². The van der Waals surface area contributed by atoms with E-state index in [9.17, 15) is 0 Å². The molecule has 110 valence electrons. The SMILES string of the molecule is CN(C)c1ccc(/C=C\c2c(Br)cnc3ccccc23)cc1. The van der Waals surface area contributed by atoms with Crippen LogP contribution in [0.1, 0.15) is 11.1 Å². The lowest BCUT2D eigenvalue weighted by atomic mass is 10.1. The van der Waals surface area contributed by atoms with Crippen molar-refractivity contribution in [3.63, 3.8) is 0 Å². The fourth-order valence-corrected chi connectivity index (χ4v) is 2.82. The Kier molecular flexibility index (Phi) is 4.25. The highest BCUT2D eigenvalue weighted by atomic mass is 79.9. The monoisotopic (exact) mass is 352 g/mol. The van der Waals surface area contributed by atoms with Gasteiger partial charge in [0.1, 0.15) is 0 Å². The summed E-state index contributed by atoms with van der Waals surface area (Å²) in [6.07, 6.45) is 6.13. The first-order valence-electron chi connectivity index (χ1n) is 7.14. The maximum Gasteiger partial charge on any atom is 0.0708 e. The number of benzene rings is 2. The van der Waals surface area contributed by atoms with Gasteiger partial charge < -0.3 is 4.90 Å². The molecule has 0 atom stereocenters. The highest BCUT2D eigenvalue weighted by molar-refractivity contribution is 9.10. The average Bonchev–Trinajstić information content (AvgIpc) is 2.54. The highest BCUT2D eigenvalue weighted by Crippen LogP contribution is 2.26. The van der Waals surface area contributed by atoms with Crippen molar-refractivity contribution in [2.75, 3.05) is 19.0 Å². The van der Waals surface area contributed by atoms with Gasteiger partial charge in [-0.15, -0.1) is 0 Å². The topological polar surface area (TPSA) is 16.1 Å². The molecule has 0 saturated heterocycles. The van der Waals surface area contributed by atoms with E-state index in [0.717, 1.165) is 20.9 Å². The number of rotatable bonds is 3. The van der Waals surface area contributed by atoms with Crippen molar-refractivity contribution in [3.8, 4) is 0 Å². The van der Waals surface area contributed by atoms with Gasteiger partial charge in [-0.25, -0.2) is 0 Å². The molecule has 0 aliphatic heterocycles. The molecule has 2 nitrogen and oxygen atoms in total. The molecule has 1 heterocycles. The van der Waals surface area contributed by atoms with E-state index in [1.54, 1.807) is 0 Å². The number of para-hydroxylation sites is 1. The third kappa shape index (κ3) is 3.04. The molecule has 1 aromatic heterocycles. The second-order valence-electron chi connectivity index (χ2n) is 5.36. The van der Waals surface area contributed by atoms with Crippen LogP contribution >= 0.6 is 15.9 Å². The molecule has 0 fully saturated rings. The van der Waals surface area contributed by atoms with Gasteiger partial charge in [0.25, 0.3) is 0 Å². The van der Waals surface area contributed by atoms with Gasteiger partial charge in [-0.3, -0.25) is 4.98 Å². The molecule has 0 unspecified atom stereocenters. The van der Waals surface area contributed by atoms with Gasteiger partial charge in [0.05, 0.1) is 5.52 Å². The predicted molar refractivity (Wildman–Crippen MR) is 99.1 cm³/mol. The number of aromatic nitrogens is 1. The van der Waals surface area contributed by atoms with Gasteiger partial charge in [-0.05, 0) is 45.3 Å². The minimum atomic E-state index is 1.01. The Morgan fingerprint density at radius 2 is 1.68 bits per heavy atom. The molecule has 2 aromatic carbocycles. The number of nitrogens with zero attached hydrogens (tertiary/aromatic N) is 2. The third-order valence-electron chi connectivity index (χ3n) is 3.62. The van der Waals surface area contributed by atoms with Crippen molar-refractivity contribution >= 4 is 44.7 Å². The largest absolute Gasteiger partial charge is 0.378 e. The molecule has 0 aliphatic carbocycles. The third-order valence-corrected chi connectivity index (χ3v) is 4.25. The van der Waals surface area contributed by atoms with Crippen LogP contribution in [0, 0.1) is 0 Å². The van der Waals surface area contributed by atoms with Crippen molar-refractivity contribution in [1.82, 2.24) is 4.98 Å². The first kappa shape index (κ1) is 14.8. The van der Waals surface area contributed by atoms with Crippen molar-refractivity contribution < 1.29 is 0 Å². The van der Waals surface area contributed by atoms with Crippen LogP contribution in [0.15, 0.2) is 59.2 Å². The smallest absolute Gasteiger partial charge is 0.0708 e. The van der Waals surface area contributed by atoms with E-state index in [1.165, 1.54) is 11.3 Å². The molecule has 0 spiro atoms. The van der Waals surface area contributed by atoms with Crippen LogP contribution in [-0.2, 0) is 0 Å². The maximum atomic E-state index is 4.44. The molecule has 3 aromatic rings. The van der Waals surface area contributed by atoms with E-state index in [1.807, 2.05) is 38.5 Å². The number of halogens is 1. The summed E-state index contributed by atoms with van der Waals surface area (Å²) in [6.45, 7) is 0. The fraction of sp³-hybridized carbons (Fsp3) is 0.105. The number of anilines is 1. The Morgan fingerprint density at radius 1 is 0.955 bits per heavy atom. The summed E-state index contributed by atoms with van der Waals surface area (Å²) in [5, 5.41) is 1.15. The summed E-state index contributed by atoms with van der Waals surface area (Å²) >= 11 is 3.60. The quantitative estimate of drug-likeness (QED) is 0.641.